The van der Waals surface area contributed by atoms with Gasteiger partial charge < -0.3 is 10.5 Å². The second kappa shape index (κ2) is 5.58. The maximum absolute atomic E-state index is 12.3. The molecule has 1 aliphatic heterocycles. The lowest BCUT2D eigenvalue weighted by Crippen LogP contribution is -2.41. The number of aromatic nitrogens is 1. The molecule has 0 fully saturated rings. The minimum absolute atomic E-state index is 0.112. The number of amidine groups is 1. The minimum atomic E-state index is -0.549. The first kappa shape index (κ1) is 14.5. The van der Waals surface area contributed by atoms with Crippen molar-refractivity contribution in [1.29, 1.82) is 0 Å². The Morgan fingerprint density at radius 2 is 2.25 bits per heavy atom. The van der Waals surface area contributed by atoms with Crippen molar-refractivity contribution < 1.29 is 9.53 Å². The van der Waals surface area contributed by atoms with Crippen LogP contribution in [0.4, 0.5) is 4.79 Å². The molecule has 108 valence electrons. The second-order valence-electron chi connectivity index (χ2n) is 5.65. The average Bonchev–Trinajstić information content (AvgIpc) is 2.82. The standard InChI is InChI=1S/C14H20N4O2/c1-14(2,3)20-13(19)18-9-10(8-15)17-12(18)11-6-4-5-7-16-11/h4-7,10H,8-9,15H2,1-3H3/t10-/m1/s1. The summed E-state index contributed by atoms with van der Waals surface area (Å²) in [6.07, 6.45) is 1.25. The summed E-state index contributed by atoms with van der Waals surface area (Å²) in [4.78, 5) is 22.5. The zero-order valence-electron chi connectivity index (χ0n) is 12.0. The highest BCUT2D eigenvalue weighted by molar-refractivity contribution is 6.06. The smallest absolute Gasteiger partial charge is 0.416 e. The van der Waals surface area contributed by atoms with Gasteiger partial charge in [0.15, 0.2) is 5.84 Å². The van der Waals surface area contributed by atoms with E-state index in [2.05, 4.69) is 9.98 Å². The van der Waals surface area contributed by atoms with Gasteiger partial charge in [-0.05, 0) is 32.9 Å². The summed E-state index contributed by atoms with van der Waals surface area (Å²) in [7, 11) is 0. The molecule has 2 heterocycles. The summed E-state index contributed by atoms with van der Waals surface area (Å²) < 4.78 is 5.40. The van der Waals surface area contributed by atoms with Gasteiger partial charge in [-0.25, -0.2) is 4.79 Å². The van der Waals surface area contributed by atoms with Crippen LogP contribution < -0.4 is 5.73 Å². The number of carbonyl (C=O) groups excluding carboxylic acids is 1. The highest BCUT2D eigenvalue weighted by Crippen LogP contribution is 2.18. The maximum Gasteiger partial charge on any atom is 0.416 e. The molecule has 1 amide bonds. The molecule has 2 rings (SSSR count). The average molecular weight is 276 g/mol. The lowest BCUT2D eigenvalue weighted by Gasteiger charge is -2.25. The summed E-state index contributed by atoms with van der Waals surface area (Å²) in [6, 6.07) is 5.37. The topological polar surface area (TPSA) is 80.8 Å². The maximum atomic E-state index is 12.3. The van der Waals surface area contributed by atoms with E-state index in [1.54, 1.807) is 6.20 Å². The number of aliphatic imine (C=N–C) groups is 1. The van der Waals surface area contributed by atoms with Crippen LogP contribution in [0.2, 0.25) is 0 Å². The number of hydrogen-bond donors (Lipinski definition) is 1. The largest absolute Gasteiger partial charge is 0.443 e. The number of carbonyl (C=O) groups is 1. The van der Waals surface area contributed by atoms with Crippen LogP contribution in [0.5, 0.6) is 0 Å². The fraction of sp³-hybridized carbons (Fsp3) is 0.500. The van der Waals surface area contributed by atoms with E-state index >= 15 is 0 Å². The van der Waals surface area contributed by atoms with Crippen LogP contribution in [-0.2, 0) is 4.74 Å². The van der Waals surface area contributed by atoms with Gasteiger partial charge in [-0.1, -0.05) is 6.07 Å². The molecule has 0 spiro atoms. The Bertz CT molecular complexity index is 508. The van der Waals surface area contributed by atoms with Gasteiger partial charge in [-0.3, -0.25) is 14.9 Å². The fourth-order valence-corrected chi connectivity index (χ4v) is 1.89. The zero-order valence-corrected chi connectivity index (χ0v) is 12.0. The Morgan fingerprint density at radius 1 is 1.50 bits per heavy atom. The van der Waals surface area contributed by atoms with E-state index in [0.29, 0.717) is 24.6 Å². The van der Waals surface area contributed by atoms with E-state index in [9.17, 15) is 4.79 Å². The lowest BCUT2D eigenvalue weighted by molar-refractivity contribution is 0.0378. The zero-order chi connectivity index (χ0) is 14.8. The molecular formula is C14H20N4O2. The van der Waals surface area contributed by atoms with Crippen LogP contribution in [0.3, 0.4) is 0 Å². The van der Waals surface area contributed by atoms with E-state index in [0.717, 1.165) is 0 Å². The molecule has 1 aromatic heterocycles. The highest BCUT2D eigenvalue weighted by Gasteiger charge is 2.33. The predicted molar refractivity (Wildman–Crippen MR) is 76.6 cm³/mol. The molecule has 0 radical (unpaired) electrons. The van der Waals surface area contributed by atoms with E-state index in [-0.39, 0.29) is 6.04 Å². The molecule has 0 saturated heterocycles. The van der Waals surface area contributed by atoms with Crippen LogP contribution in [0, 0.1) is 0 Å². The monoisotopic (exact) mass is 276 g/mol. The van der Waals surface area contributed by atoms with Crippen molar-refractivity contribution in [2.45, 2.75) is 32.4 Å². The van der Waals surface area contributed by atoms with Gasteiger partial charge in [-0.15, -0.1) is 0 Å². The van der Waals surface area contributed by atoms with Crippen molar-refractivity contribution >= 4 is 11.9 Å². The number of rotatable bonds is 2. The molecule has 0 saturated carbocycles. The lowest BCUT2D eigenvalue weighted by atomic mass is 10.2. The minimum Gasteiger partial charge on any atom is -0.443 e. The molecule has 0 unspecified atom stereocenters. The van der Waals surface area contributed by atoms with Crippen LogP contribution in [0.1, 0.15) is 26.5 Å². The van der Waals surface area contributed by atoms with Gasteiger partial charge in [0.1, 0.15) is 11.3 Å². The number of hydrogen-bond acceptors (Lipinski definition) is 5. The predicted octanol–water partition coefficient (Wildman–Crippen LogP) is 1.41. The van der Waals surface area contributed by atoms with E-state index in [1.807, 2.05) is 39.0 Å². The van der Waals surface area contributed by atoms with Crippen LogP contribution in [0.25, 0.3) is 0 Å². The Balaban J connectivity index is 2.24. The second-order valence-corrected chi connectivity index (χ2v) is 5.65. The first-order valence-electron chi connectivity index (χ1n) is 6.60. The summed E-state index contributed by atoms with van der Waals surface area (Å²) in [5, 5.41) is 0. The SMILES string of the molecule is CC(C)(C)OC(=O)N1C[C@@H](CN)N=C1c1ccccn1. The molecule has 0 aromatic carbocycles. The molecular weight excluding hydrogens is 256 g/mol. The number of pyridine rings is 1. The quantitative estimate of drug-likeness (QED) is 0.885. The van der Waals surface area contributed by atoms with E-state index < -0.39 is 11.7 Å². The van der Waals surface area contributed by atoms with Crippen molar-refractivity contribution in [2.75, 3.05) is 13.1 Å². The normalized spacial score (nSPS) is 18.9. The first-order chi connectivity index (χ1) is 9.40. The van der Waals surface area contributed by atoms with Crippen molar-refractivity contribution in [1.82, 2.24) is 9.88 Å². The Hall–Kier alpha value is -1.95. The van der Waals surface area contributed by atoms with Crippen molar-refractivity contribution in [3.8, 4) is 0 Å². The number of amides is 1. The van der Waals surface area contributed by atoms with Gasteiger partial charge in [0, 0.05) is 12.7 Å². The Labute approximate surface area is 118 Å². The van der Waals surface area contributed by atoms with E-state index in [1.165, 1.54) is 4.90 Å². The van der Waals surface area contributed by atoms with Gasteiger partial charge in [0.05, 0.1) is 12.6 Å². The van der Waals surface area contributed by atoms with Crippen LogP contribution in [0.15, 0.2) is 29.4 Å². The van der Waals surface area contributed by atoms with Crippen LogP contribution in [-0.4, -0.2) is 46.5 Å². The third-order valence-electron chi connectivity index (χ3n) is 2.73. The molecule has 1 aliphatic rings. The van der Waals surface area contributed by atoms with Gasteiger partial charge in [0.2, 0.25) is 0 Å². The third-order valence-corrected chi connectivity index (χ3v) is 2.73. The molecule has 1 aromatic rings. The Kier molecular flexibility index (Phi) is 4.04. The van der Waals surface area contributed by atoms with Gasteiger partial charge in [-0.2, -0.15) is 0 Å². The highest BCUT2D eigenvalue weighted by atomic mass is 16.6. The third kappa shape index (κ3) is 3.33. The fourth-order valence-electron chi connectivity index (χ4n) is 1.89. The molecule has 1 atom stereocenters. The molecule has 6 nitrogen and oxygen atoms in total. The molecule has 20 heavy (non-hydrogen) atoms. The number of nitrogens with zero attached hydrogens (tertiary/aromatic N) is 3. The molecule has 0 aliphatic carbocycles. The number of ether oxygens (including phenoxy) is 1. The van der Waals surface area contributed by atoms with Gasteiger partial charge in [0.25, 0.3) is 0 Å². The summed E-state index contributed by atoms with van der Waals surface area (Å²) >= 11 is 0. The summed E-state index contributed by atoms with van der Waals surface area (Å²) in [5.74, 6) is 0.523. The van der Waals surface area contributed by atoms with Crippen LogP contribution >= 0.6 is 0 Å². The van der Waals surface area contributed by atoms with E-state index in [4.69, 9.17) is 10.5 Å². The molecule has 0 bridgehead atoms. The van der Waals surface area contributed by atoms with Gasteiger partial charge >= 0.3 is 6.09 Å². The summed E-state index contributed by atoms with van der Waals surface area (Å²) in [6.45, 7) is 6.31. The first-order valence-corrected chi connectivity index (χ1v) is 6.60. The number of nitrogens with two attached hydrogens (primary N) is 1. The molecule has 6 heteroatoms. The Morgan fingerprint density at radius 3 is 2.80 bits per heavy atom. The van der Waals surface area contributed by atoms with Crippen molar-refractivity contribution in [3.63, 3.8) is 0 Å². The summed E-state index contributed by atoms with van der Waals surface area (Å²) in [5.41, 5.74) is 5.76. The molecule has 2 N–H and O–H groups in total. The van der Waals surface area contributed by atoms with Crippen molar-refractivity contribution in [2.24, 2.45) is 10.7 Å². The van der Waals surface area contributed by atoms with Crippen molar-refractivity contribution in [3.05, 3.63) is 30.1 Å².